The zero-order valence-electron chi connectivity index (χ0n) is 16.3. The zero-order valence-corrected chi connectivity index (χ0v) is 17.1. The highest BCUT2D eigenvalue weighted by Gasteiger charge is 2.40. The lowest BCUT2D eigenvalue weighted by Crippen LogP contribution is -2.35. The first kappa shape index (κ1) is 21.4. The summed E-state index contributed by atoms with van der Waals surface area (Å²) >= 11 is 5.91. The summed E-state index contributed by atoms with van der Waals surface area (Å²) in [6.45, 7) is 7.71. The second kappa shape index (κ2) is 7.23. The van der Waals surface area contributed by atoms with E-state index in [0.29, 0.717) is 17.1 Å². The van der Waals surface area contributed by atoms with Gasteiger partial charge in [0.2, 0.25) is 0 Å². The molecule has 27 heavy (non-hydrogen) atoms. The molecule has 1 amide bonds. The maximum absolute atomic E-state index is 13.7. The van der Waals surface area contributed by atoms with Crippen LogP contribution in [0.15, 0.2) is 24.3 Å². The van der Waals surface area contributed by atoms with E-state index in [2.05, 4.69) is 0 Å². The van der Waals surface area contributed by atoms with Gasteiger partial charge in [0.15, 0.2) is 0 Å². The second-order valence-corrected chi connectivity index (χ2v) is 8.42. The van der Waals surface area contributed by atoms with Crippen LogP contribution < -0.4 is 0 Å². The fraction of sp³-hybridized carbons (Fsp3) is 0.450. The predicted octanol–water partition coefficient (Wildman–Crippen LogP) is 5.79. The van der Waals surface area contributed by atoms with Gasteiger partial charge in [-0.15, -0.1) is 0 Å². The molecule has 1 aromatic carbocycles. The largest absolute Gasteiger partial charge is 0.431 e. The van der Waals surface area contributed by atoms with E-state index in [1.807, 2.05) is 20.8 Å². The first-order valence-corrected chi connectivity index (χ1v) is 8.89. The quantitative estimate of drug-likeness (QED) is 0.640. The molecule has 0 aliphatic heterocycles. The van der Waals surface area contributed by atoms with Crippen molar-refractivity contribution in [3.63, 3.8) is 0 Å². The van der Waals surface area contributed by atoms with Crippen molar-refractivity contribution in [2.45, 2.75) is 33.9 Å². The number of amides is 1. The van der Waals surface area contributed by atoms with Gasteiger partial charge in [-0.3, -0.25) is 4.79 Å². The van der Waals surface area contributed by atoms with Crippen molar-refractivity contribution in [1.29, 1.82) is 0 Å². The Morgan fingerprint density at radius 2 is 1.67 bits per heavy atom. The van der Waals surface area contributed by atoms with Gasteiger partial charge in [0.25, 0.3) is 5.91 Å². The Morgan fingerprint density at radius 3 is 2.11 bits per heavy atom. The van der Waals surface area contributed by atoms with Gasteiger partial charge >= 0.3 is 6.18 Å². The third-order valence-electron chi connectivity index (χ3n) is 4.30. The van der Waals surface area contributed by atoms with E-state index in [4.69, 9.17) is 11.6 Å². The monoisotopic (exact) mass is 400 g/mol. The molecule has 0 fully saturated rings. The smallest absolute Gasteiger partial charge is 0.340 e. The summed E-state index contributed by atoms with van der Waals surface area (Å²) in [6.07, 6.45) is -4.57. The van der Waals surface area contributed by atoms with Gasteiger partial charge in [0.05, 0.1) is 0 Å². The summed E-state index contributed by atoms with van der Waals surface area (Å²) in [7, 11) is 2.89. The van der Waals surface area contributed by atoms with Gasteiger partial charge in [-0.2, -0.15) is 13.2 Å². The summed E-state index contributed by atoms with van der Waals surface area (Å²) in [5.41, 5.74) is -0.144. The Kier molecular flexibility index (Phi) is 5.71. The summed E-state index contributed by atoms with van der Waals surface area (Å²) in [4.78, 5) is 14.6. The van der Waals surface area contributed by atoms with Crippen LogP contribution in [0.2, 0.25) is 5.02 Å². The minimum absolute atomic E-state index is 0.0221. The fourth-order valence-corrected chi connectivity index (χ4v) is 3.54. The van der Waals surface area contributed by atoms with Gasteiger partial charge in [0.1, 0.15) is 11.4 Å². The van der Waals surface area contributed by atoms with Gasteiger partial charge in [-0.1, -0.05) is 44.5 Å². The first-order chi connectivity index (χ1) is 12.2. The molecule has 0 spiro atoms. The highest BCUT2D eigenvalue weighted by molar-refractivity contribution is 6.30. The lowest BCUT2D eigenvalue weighted by Gasteiger charge is -2.27. The molecule has 2 aromatic rings. The van der Waals surface area contributed by atoms with Gasteiger partial charge in [-0.25, -0.2) is 0 Å². The van der Waals surface area contributed by atoms with Crippen LogP contribution in [0.25, 0.3) is 11.1 Å². The number of rotatable bonds is 3. The molecular formula is C20H24ClF3N2O. The van der Waals surface area contributed by atoms with E-state index < -0.39 is 17.8 Å². The van der Waals surface area contributed by atoms with E-state index in [0.717, 1.165) is 4.57 Å². The average Bonchev–Trinajstić information content (AvgIpc) is 2.76. The van der Waals surface area contributed by atoms with Crippen molar-refractivity contribution in [3.05, 3.63) is 46.2 Å². The Morgan fingerprint density at radius 1 is 1.15 bits per heavy atom. The molecule has 0 radical (unpaired) electrons. The molecule has 0 atom stereocenters. The van der Waals surface area contributed by atoms with Crippen molar-refractivity contribution in [2.75, 3.05) is 13.6 Å². The second-order valence-electron chi connectivity index (χ2n) is 7.98. The zero-order chi connectivity index (χ0) is 20.7. The topological polar surface area (TPSA) is 25.2 Å². The number of carbonyl (C=O) groups excluding carboxylic acids is 1. The van der Waals surface area contributed by atoms with Gasteiger partial charge < -0.3 is 9.47 Å². The summed E-state index contributed by atoms with van der Waals surface area (Å²) < 4.78 is 41.9. The molecule has 0 saturated heterocycles. The number of hydrogen-bond acceptors (Lipinski definition) is 1. The van der Waals surface area contributed by atoms with Crippen LogP contribution in [0.1, 0.15) is 42.5 Å². The number of nitrogens with zero attached hydrogens (tertiary/aromatic N) is 2. The molecule has 1 heterocycles. The molecule has 1 aromatic heterocycles. The molecule has 7 heteroatoms. The maximum atomic E-state index is 13.7. The molecule has 0 N–H and O–H groups in total. The highest BCUT2D eigenvalue weighted by atomic mass is 35.5. The van der Waals surface area contributed by atoms with Crippen LogP contribution in [0, 0.1) is 12.3 Å². The van der Waals surface area contributed by atoms with Gasteiger partial charge in [0, 0.05) is 31.2 Å². The number of aromatic nitrogens is 1. The number of carbonyl (C=O) groups is 1. The molecule has 0 bridgehead atoms. The summed E-state index contributed by atoms with van der Waals surface area (Å²) in [5.74, 6) is -0.448. The van der Waals surface area contributed by atoms with Crippen molar-refractivity contribution in [3.8, 4) is 11.1 Å². The molecule has 148 valence electrons. The van der Waals surface area contributed by atoms with Crippen LogP contribution in [0.3, 0.4) is 0 Å². The Labute approximate surface area is 162 Å². The summed E-state index contributed by atoms with van der Waals surface area (Å²) in [5, 5.41) is 0.473. The number of benzene rings is 1. The van der Waals surface area contributed by atoms with E-state index in [-0.39, 0.29) is 22.2 Å². The molecule has 0 aliphatic carbocycles. The number of alkyl halides is 3. The minimum atomic E-state index is -4.57. The SMILES string of the molecule is Cc1c(-c2ccc(Cl)cc2)c(C(=O)N(C)CC(C)(C)C)n(C)c1C(F)(F)F. The average molecular weight is 401 g/mol. The molecule has 0 saturated carbocycles. The van der Waals surface area contributed by atoms with Crippen LogP contribution in [-0.2, 0) is 13.2 Å². The van der Waals surface area contributed by atoms with Crippen LogP contribution >= 0.6 is 11.6 Å². The lowest BCUT2D eigenvalue weighted by molar-refractivity contribution is -0.143. The Bertz CT molecular complexity index is 846. The molecule has 2 rings (SSSR count). The number of hydrogen-bond donors (Lipinski definition) is 0. The maximum Gasteiger partial charge on any atom is 0.431 e. The van der Waals surface area contributed by atoms with E-state index >= 15 is 0 Å². The number of halogens is 4. The van der Waals surface area contributed by atoms with E-state index in [9.17, 15) is 18.0 Å². The Hall–Kier alpha value is -1.95. The third-order valence-corrected chi connectivity index (χ3v) is 4.55. The minimum Gasteiger partial charge on any atom is -0.340 e. The molecular weight excluding hydrogens is 377 g/mol. The normalized spacial score (nSPS) is 12.4. The van der Waals surface area contributed by atoms with E-state index in [1.165, 1.54) is 18.9 Å². The van der Waals surface area contributed by atoms with Crippen LogP contribution in [-0.4, -0.2) is 29.0 Å². The predicted molar refractivity (Wildman–Crippen MR) is 102 cm³/mol. The van der Waals surface area contributed by atoms with Gasteiger partial charge in [-0.05, 0) is 35.6 Å². The molecule has 3 nitrogen and oxygen atoms in total. The molecule has 0 aliphatic rings. The summed E-state index contributed by atoms with van der Waals surface area (Å²) in [6, 6.07) is 6.46. The van der Waals surface area contributed by atoms with Crippen molar-refractivity contribution in [2.24, 2.45) is 12.5 Å². The van der Waals surface area contributed by atoms with Crippen molar-refractivity contribution >= 4 is 17.5 Å². The lowest BCUT2D eigenvalue weighted by atomic mass is 9.95. The fourth-order valence-electron chi connectivity index (χ4n) is 3.41. The third kappa shape index (κ3) is 4.49. The Balaban J connectivity index is 2.71. The first-order valence-electron chi connectivity index (χ1n) is 8.52. The van der Waals surface area contributed by atoms with Crippen molar-refractivity contribution in [1.82, 2.24) is 9.47 Å². The van der Waals surface area contributed by atoms with E-state index in [1.54, 1.807) is 31.3 Å². The highest BCUT2D eigenvalue weighted by Crippen LogP contribution is 2.41. The van der Waals surface area contributed by atoms with Crippen LogP contribution in [0.4, 0.5) is 13.2 Å². The standard InChI is InChI=1S/C20H24ClF3N2O/c1-12-15(13-7-9-14(21)10-8-13)16(26(6)17(12)20(22,23)24)18(27)25(5)11-19(2,3)4/h7-10H,11H2,1-6H3. The van der Waals surface area contributed by atoms with Crippen LogP contribution in [0.5, 0.6) is 0 Å². The van der Waals surface area contributed by atoms with Crippen molar-refractivity contribution < 1.29 is 18.0 Å². The molecule has 0 unspecified atom stereocenters.